The standard InChI is InChI=1S/C16H23N3O3S.C2HF3O2/c1-4-22-16(21)13-7-18-19(10-13)9-11(2)14-8-17-6-5-15(14)23-12(3)20;3-2(4,5)1(6)7/h7,10,15,17H,4-6,8-9H2,1-3H3;(H,6,7)/b14-11+;. The SMILES string of the molecule is CCOC(=O)c1cnn(C/C(C)=C2\CNCCC2SC(C)=O)c1.O=C(O)C(F)(F)F. The molecule has 1 aliphatic rings. The minimum Gasteiger partial charge on any atom is -0.475 e. The third-order valence-electron chi connectivity index (χ3n) is 3.93. The number of carbonyl (C=O) groups excluding carboxylic acids is 2. The van der Waals surface area contributed by atoms with Gasteiger partial charge in [-0.05, 0) is 32.4 Å². The Hall–Kier alpha value is -2.34. The summed E-state index contributed by atoms with van der Waals surface area (Å²) in [5.74, 6) is -3.11. The zero-order valence-corrected chi connectivity index (χ0v) is 17.6. The van der Waals surface area contributed by atoms with Crippen molar-refractivity contribution in [2.45, 2.75) is 45.2 Å². The van der Waals surface area contributed by atoms with Gasteiger partial charge in [0.25, 0.3) is 0 Å². The average molecular weight is 451 g/mol. The largest absolute Gasteiger partial charge is 0.490 e. The first-order chi connectivity index (χ1) is 14.0. The molecule has 1 aromatic heterocycles. The molecular weight excluding hydrogens is 427 g/mol. The van der Waals surface area contributed by atoms with Crippen LogP contribution in [0.15, 0.2) is 23.5 Å². The maximum absolute atomic E-state index is 11.7. The highest BCUT2D eigenvalue weighted by Gasteiger charge is 2.38. The van der Waals surface area contributed by atoms with E-state index in [0.29, 0.717) is 18.7 Å². The normalized spacial score (nSPS) is 18.1. The molecule has 1 unspecified atom stereocenters. The van der Waals surface area contributed by atoms with Crippen molar-refractivity contribution >= 4 is 28.8 Å². The second kappa shape index (κ2) is 11.7. The quantitative estimate of drug-likeness (QED) is 0.519. The number of halogens is 3. The predicted molar refractivity (Wildman–Crippen MR) is 104 cm³/mol. The van der Waals surface area contributed by atoms with Crippen LogP contribution in [-0.2, 0) is 20.9 Å². The van der Waals surface area contributed by atoms with Crippen LogP contribution >= 0.6 is 11.8 Å². The molecule has 2 rings (SSSR count). The number of aromatic nitrogens is 2. The number of ether oxygens (including phenoxy) is 1. The fourth-order valence-electron chi connectivity index (χ4n) is 2.61. The van der Waals surface area contributed by atoms with E-state index in [4.69, 9.17) is 14.6 Å². The molecule has 1 atom stereocenters. The summed E-state index contributed by atoms with van der Waals surface area (Å²) in [6.45, 7) is 8.12. The van der Waals surface area contributed by atoms with E-state index in [9.17, 15) is 22.8 Å². The molecule has 2 N–H and O–H groups in total. The number of carboxylic acid groups (broad SMARTS) is 1. The molecule has 0 radical (unpaired) electrons. The Morgan fingerprint density at radius 1 is 1.37 bits per heavy atom. The van der Waals surface area contributed by atoms with Crippen LogP contribution in [0.3, 0.4) is 0 Å². The lowest BCUT2D eigenvalue weighted by atomic mass is 10.0. The highest BCUT2D eigenvalue weighted by atomic mass is 32.2. The molecular formula is C18H24F3N3O5S. The number of carbonyl (C=O) groups is 3. The second-order valence-electron chi connectivity index (χ2n) is 6.32. The molecule has 1 aromatic rings. The van der Waals surface area contributed by atoms with Crippen LogP contribution in [0.1, 0.15) is 37.6 Å². The molecule has 2 heterocycles. The van der Waals surface area contributed by atoms with Crippen molar-refractivity contribution in [3.63, 3.8) is 0 Å². The molecule has 1 aliphatic heterocycles. The van der Waals surface area contributed by atoms with Crippen molar-refractivity contribution < 1.29 is 37.4 Å². The van der Waals surface area contributed by atoms with Crippen LogP contribution in [0.5, 0.6) is 0 Å². The number of aliphatic carboxylic acids is 1. The molecule has 168 valence electrons. The number of nitrogens with one attached hydrogen (secondary N) is 1. The summed E-state index contributed by atoms with van der Waals surface area (Å²) in [5, 5.41) is 15.1. The van der Waals surface area contributed by atoms with Crippen LogP contribution in [0.2, 0.25) is 0 Å². The number of allylic oxidation sites excluding steroid dienone is 1. The molecule has 30 heavy (non-hydrogen) atoms. The van der Waals surface area contributed by atoms with Crippen molar-refractivity contribution in [3.05, 3.63) is 29.1 Å². The van der Waals surface area contributed by atoms with Crippen LogP contribution < -0.4 is 5.32 Å². The van der Waals surface area contributed by atoms with Crippen LogP contribution in [0.25, 0.3) is 0 Å². The van der Waals surface area contributed by atoms with Gasteiger partial charge in [-0.1, -0.05) is 17.3 Å². The van der Waals surface area contributed by atoms with Gasteiger partial charge in [0.1, 0.15) is 0 Å². The minimum atomic E-state index is -5.08. The van der Waals surface area contributed by atoms with Crippen molar-refractivity contribution in [2.75, 3.05) is 19.7 Å². The predicted octanol–water partition coefficient (Wildman–Crippen LogP) is 2.65. The molecule has 0 spiro atoms. The van der Waals surface area contributed by atoms with Gasteiger partial charge in [-0.2, -0.15) is 18.3 Å². The average Bonchev–Trinajstić information content (AvgIpc) is 3.10. The smallest absolute Gasteiger partial charge is 0.475 e. The van der Waals surface area contributed by atoms with Crippen LogP contribution in [-0.4, -0.2) is 63.1 Å². The number of carboxylic acids is 1. The number of hydrogen-bond acceptors (Lipinski definition) is 7. The molecule has 12 heteroatoms. The van der Waals surface area contributed by atoms with E-state index in [-0.39, 0.29) is 16.3 Å². The summed E-state index contributed by atoms with van der Waals surface area (Å²) in [6.07, 6.45) is -0.910. The number of thioether (sulfide) groups is 1. The van der Waals surface area contributed by atoms with Gasteiger partial charge in [0.2, 0.25) is 0 Å². The van der Waals surface area contributed by atoms with Gasteiger partial charge in [-0.3, -0.25) is 9.48 Å². The lowest BCUT2D eigenvalue weighted by Gasteiger charge is -2.27. The first-order valence-electron chi connectivity index (χ1n) is 9.01. The van der Waals surface area contributed by atoms with Crippen molar-refractivity contribution in [3.8, 4) is 0 Å². The first kappa shape index (κ1) is 25.7. The Kier molecular flexibility index (Phi) is 10.1. The zero-order valence-electron chi connectivity index (χ0n) is 16.8. The second-order valence-corrected chi connectivity index (χ2v) is 7.70. The summed E-state index contributed by atoms with van der Waals surface area (Å²) in [7, 11) is 0. The Labute approximate surface area is 175 Å². The molecule has 1 fully saturated rings. The fourth-order valence-corrected chi connectivity index (χ4v) is 3.68. The van der Waals surface area contributed by atoms with E-state index < -0.39 is 12.1 Å². The van der Waals surface area contributed by atoms with Crippen molar-refractivity contribution in [1.29, 1.82) is 0 Å². The third kappa shape index (κ3) is 8.57. The molecule has 0 saturated carbocycles. The van der Waals surface area contributed by atoms with Gasteiger partial charge in [0.15, 0.2) is 5.12 Å². The van der Waals surface area contributed by atoms with E-state index in [0.717, 1.165) is 19.5 Å². The zero-order chi connectivity index (χ0) is 22.9. The number of esters is 1. The molecule has 0 amide bonds. The molecule has 0 bridgehead atoms. The molecule has 8 nitrogen and oxygen atoms in total. The van der Waals surface area contributed by atoms with Gasteiger partial charge < -0.3 is 15.2 Å². The minimum absolute atomic E-state index is 0.144. The summed E-state index contributed by atoms with van der Waals surface area (Å²) < 4.78 is 38.4. The topological polar surface area (TPSA) is 111 Å². The number of nitrogens with zero attached hydrogens (tertiary/aromatic N) is 2. The lowest BCUT2D eigenvalue weighted by molar-refractivity contribution is -0.192. The van der Waals surface area contributed by atoms with Gasteiger partial charge in [0.05, 0.1) is 24.9 Å². The summed E-state index contributed by atoms with van der Waals surface area (Å²) in [6, 6.07) is 0. The Morgan fingerprint density at radius 2 is 2.00 bits per heavy atom. The summed E-state index contributed by atoms with van der Waals surface area (Å²) in [4.78, 5) is 32.0. The highest BCUT2D eigenvalue weighted by molar-refractivity contribution is 8.14. The van der Waals surface area contributed by atoms with Crippen molar-refractivity contribution in [1.82, 2.24) is 15.1 Å². The Balaban J connectivity index is 0.000000553. The summed E-state index contributed by atoms with van der Waals surface area (Å²) >= 11 is 1.40. The number of alkyl halides is 3. The van der Waals surface area contributed by atoms with Crippen molar-refractivity contribution in [2.24, 2.45) is 0 Å². The maximum Gasteiger partial charge on any atom is 0.490 e. The number of hydrogen-bond donors (Lipinski definition) is 2. The lowest BCUT2D eigenvalue weighted by Crippen LogP contribution is -2.33. The van der Waals surface area contributed by atoms with Gasteiger partial charge in [-0.15, -0.1) is 0 Å². The monoisotopic (exact) mass is 451 g/mol. The number of piperidine rings is 1. The fraction of sp³-hybridized carbons (Fsp3) is 0.556. The maximum atomic E-state index is 11.7. The summed E-state index contributed by atoms with van der Waals surface area (Å²) in [5.41, 5.74) is 2.89. The van der Waals surface area contributed by atoms with Gasteiger partial charge in [-0.25, -0.2) is 9.59 Å². The van der Waals surface area contributed by atoms with E-state index in [1.54, 1.807) is 24.7 Å². The van der Waals surface area contributed by atoms with E-state index >= 15 is 0 Å². The molecule has 1 saturated heterocycles. The van der Waals surface area contributed by atoms with Gasteiger partial charge >= 0.3 is 18.1 Å². The third-order valence-corrected chi connectivity index (χ3v) is 5.07. The van der Waals surface area contributed by atoms with E-state index in [1.807, 2.05) is 0 Å². The highest BCUT2D eigenvalue weighted by Crippen LogP contribution is 2.28. The number of rotatable bonds is 5. The van der Waals surface area contributed by atoms with Crippen LogP contribution in [0, 0.1) is 0 Å². The van der Waals surface area contributed by atoms with E-state index in [1.165, 1.54) is 29.1 Å². The van der Waals surface area contributed by atoms with Gasteiger partial charge in [0, 0.05) is 24.9 Å². The Bertz CT molecular complexity index is 792. The first-order valence-corrected chi connectivity index (χ1v) is 9.89. The molecule has 0 aromatic carbocycles. The Morgan fingerprint density at radius 3 is 2.53 bits per heavy atom. The van der Waals surface area contributed by atoms with E-state index in [2.05, 4.69) is 17.3 Å². The molecule has 0 aliphatic carbocycles. The van der Waals surface area contributed by atoms with Crippen LogP contribution in [0.4, 0.5) is 13.2 Å².